The Morgan fingerprint density at radius 1 is 0.955 bits per heavy atom. The lowest BCUT2D eigenvalue weighted by atomic mass is 9.91. The molecule has 1 unspecified atom stereocenters. The van der Waals surface area contributed by atoms with E-state index < -0.39 is 0 Å². The second kappa shape index (κ2) is 7.79. The molecule has 2 heteroatoms. The molecule has 0 aromatic heterocycles. The minimum absolute atomic E-state index is 0.596. The Bertz CT molecular complexity index is 533. The Kier molecular flexibility index (Phi) is 5.76. The standard InChI is InChI=1S/C20H26S2/c1-15-3-7-17(8-4-15)21-19-11-13-20(14-12-19)22-18-9-5-16(2)6-10-18/h3-4,7-8,11,13-14,16,18-19H,5-6,9-10,12H2,1-2H3. The molecule has 0 aliphatic heterocycles. The van der Waals surface area contributed by atoms with Crippen molar-refractivity contribution in [2.24, 2.45) is 5.92 Å². The highest BCUT2D eigenvalue weighted by atomic mass is 32.2. The fourth-order valence-electron chi connectivity index (χ4n) is 3.09. The van der Waals surface area contributed by atoms with Crippen molar-refractivity contribution >= 4 is 23.5 Å². The zero-order valence-electron chi connectivity index (χ0n) is 13.6. The zero-order chi connectivity index (χ0) is 15.4. The molecule has 0 radical (unpaired) electrons. The molecular formula is C20H26S2. The van der Waals surface area contributed by atoms with Crippen molar-refractivity contribution in [3.8, 4) is 0 Å². The first kappa shape index (κ1) is 16.3. The molecule has 1 atom stereocenters. The van der Waals surface area contributed by atoms with E-state index >= 15 is 0 Å². The van der Waals surface area contributed by atoms with Crippen molar-refractivity contribution in [1.29, 1.82) is 0 Å². The maximum Gasteiger partial charge on any atom is 0.0312 e. The van der Waals surface area contributed by atoms with Crippen molar-refractivity contribution in [3.63, 3.8) is 0 Å². The molecular weight excluding hydrogens is 304 g/mol. The van der Waals surface area contributed by atoms with Gasteiger partial charge in [0.1, 0.15) is 0 Å². The maximum absolute atomic E-state index is 2.45. The Morgan fingerprint density at radius 3 is 2.32 bits per heavy atom. The van der Waals surface area contributed by atoms with Crippen LogP contribution in [0.15, 0.2) is 52.3 Å². The minimum atomic E-state index is 0.596. The molecule has 0 amide bonds. The van der Waals surface area contributed by atoms with Gasteiger partial charge in [-0.3, -0.25) is 0 Å². The van der Waals surface area contributed by atoms with Crippen molar-refractivity contribution in [3.05, 3.63) is 53.0 Å². The van der Waals surface area contributed by atoms with E-state index in [4.69, 9.17) is 0 Å². The number of benzene rings is 1. The predicted octanol–water partition coefficient (Wildman–Crippen LogP) is 6.61. The van der Waals surface area contributed by atoms with Gasteiger partial charge in [-0.1, -0.05) is 42.8 Å². The lowest BCUT2D eigenvalue weighted by Gasteiger charge is -2.26. The fourth-order valence-corrected chi connectivity index (χ4v) is 5.32. The van der Waals surface area contributed by atoms with Gasteiger partial charge in [-0.25, -0.2) is 0 Å². The summed E-state index contributed by atoms with van der Waals surface area (Å²) in [5.41, 5.74) is 1.34. The Hall–Kier alpha value is -0.600. The summed E-state index contributed by atoms with van der Waals surface area (Å²) in [7, 11) is 0. The van der Waals surface area contributed by atoms with Crippen molar-refractivity contribution in [2.45, 2.75) is 61.3 Å². The van der Waals surface area contributed by atoms with Gasteiger partial charge in [-0.15, -0.1) is 23.5 Å². The molecule has 1 aromatic carbocycles. The van der Waals surface area contributed by atoms with Gasteiger partial charge in [-0.2, -0.15) is 0 Å². The van der Waals surface area contributed by atoms with E-state index in [0.717, 1.165) is 11.2 Å². The largest absolute Gasteiger partial charge is 0.123 e. The van der Waals surface area contributed by atoms with Gasteiger partial charge in [0.25, 0.3) is 0 Å². The first-order valence-corrected chi connectivity index (χ1v) is 10.2. The van der Waals surface area contributed by atoms with E-state index in [1.54, 1.807) is 0 Å². The average Bonchev–Trinajstić information content (AvgIpc) is 2.54. The quantitative estimate of drug-likeness (QED) is 0.609. The van der Waals surface area contributed by atoms with Gasteiger partial charge < -0.3 is 0 Å². The second-order valence-corrected chi connectivity index (χ2v) is 9.36. The van der Waals surface area contributed by atoms with Crippen LogP contribution in [0, 0.1) is 12.8 Å². The number of allylic oxidation sites excluding steroid dienone is 2. The van der Waals surface area contributed by atoms with Crippen LogP contribution in [0.1, 0.15) is 44.6 Å². The second-order valence-electron chi connectivity index (χ2n) is 6.67. The molecule has 0 saturated heterocycles. The molecule has 118 valence electrons. The zero-order valence-corrected chi connectivity index (χ0v) is 15.3. The highest BCUT2D eigenvalue weighted by Gasteiger charge is 2.20. The number of hydrogen-bond donors (Lipinski definition) is 0. The van der Waals surface area contributed by atoms with Gasteiger partial charge in [0.2, 0.25) is 0 Å². The third-order valence-electron chi connectivity index (χ3n) is 4.60. The van der Waals surface area contributed by atoms with E-state index in [0.29, 0.717) is 5.25 Å². The van der Waals surface area contributed by atoms with Gasteiger partial charge in [-0.05, 0) is 57.1 Å². The minimum Gasteiger partial charge on any atom is -0.123 e. The van der Waals surface area contributed by atoms with Crippen LogP contribution >= 0.6 is 23.5 Å². The van der Waals surface area contributed by atoms with Crippen LogP contribution in [0.25, 0.3) is 0 Å². The number of rotatable bonds is 4. The summed E-state index contributed by atoms with van der Waals surface area (Å²) in [6.07, 6.45) is 14.0. The number of aryl methyl sites for hydroxylation is 1. The summed E-state index contributed by atoms with van der Waals surface area (Å²) in [5.74, 6) is 0.947. The highest BCUT2D eigenvalue weighted by molar-refractivity contribution is 8.03. The summed E-state index contributed by atoms with van der Waals surface area (Å²) in [6.45, 7) is 4.54. The first-order chi connectivity index (χ1) is 10.7. The van der Waals surface area contributed by atoms with Crippen LogP contribution in [-0.2, 0) is 0 Å². The van der Waals surface area contributed by atoms with Gasteiger partial charge >= 0.3 is 0 Å². The van der Waals surface area contributed by atoms with E-state index in [9.17, 15) is 0 Å². The van der Waals surface area contributed by atoms with Crippen molar-refractivity contribution in [1.82, 2.24) is 0 Å². The van der Waals surface area contributed by atoms with E-state index in [1.807, 2.05) is 11.8 Å². The van der Waals surface area contributed by atoms with E-state index in [1.165, 1.54) is 47.5 Å². The third-order valence-corrected chi connectivity index (χ3v) is 7.18. The number of thioether (sulfide) groups is 2. The van der Waals surface area contributed by atoms with Crippen LogP contribution in [-0.4, -0.2) is 10.5 Å². The summed E-state index contributed by atoms with van der Waals surface area (Å²) >= 11 is 4.10. The molecule has 3 rings (SSSR count). The summed E-state index contributed by atoms with van der Waals surface area (Å²) < 4.78 is 0. The monoisotopic (exact) mass is 330 g/mol. The van der Waals surface area contributed by atoms with Crippen molar-refractivity contribution in [2.75, 3.05) is 0 Å². The SMILES string of the molecule is Cc1ccc(SC2C=CC(SC3CCC(C)CC3)=CC2)cc1. The van der Waals surface area contributed by atoms with Crippen LogP contribution in [0.4, 0.5) is 0 Å². The summed E-state index contributed by atoms with van der Waals surface area (Å²) in [5, 5.41) is 1.45. The molecule has 1 fully saturated rings. The lowest BCUT2D eigenvalue weighted by Crippen LogP contribution is -2.14. The first-order valence-electron chi connectivity index (χ1n) is 8.47. The molecule has 22 heavy (non-hydrogen) atoms. The summed E-state index contributed by atoms with van der Waals surface area (Å²) in [4.78, 5) is 2.88. The van der Waals surface area contributed by atoms with Gasteiger partial charge in [0, 0.05) is 20.3 Å². The molecule has 1 aromatic rings. The Balaban J connectivity index is 1.48. The van der Waals surface area contributed by atoms with Crippen molar-refractivity contribution < 1.29 is 0 Å². The van der Waals surface area contributed by atoms with E-state index in [2.05, 4.69) is 68.1 Å². The molecule has 1 saturated carbocycles. The molecule has 0 N–H and O–H groups in total. The fraction of sp³-hybridized carbons (Fsp3) is 0.500. The normalized spacial score (nSPS) is 28.5. The predicted molar refractivity (Wildman–Crippen MR) is 102 cm³/mol. The van der Waals surface area contributed by atoms with Crippen LogP contribution in [0.2, 0.25) is 0 Å². The summed E-state index contributed by atoms with van der Waals surface area (Å²) in [6, 6.07) is 8.89. The molecule has 0 heterocycles. The highest BCUT2D eigenvalue weighted by Crippen LogP contribution is 2.38. The van der Waals surface area contributed by atoms with Gasteiger partial charge in [0.15, 0.2) is 0 Å². The molecule has 0 nitrogen and oxygen atoms in total. The average molecular weight is 331 g/mol. The van der Waals surface area contributed by atoms with Gasteiger partial charge in [0.05, 0.1) is 0 Å². The molecule has 0 bridgehead atoms. The Labute approximate surface area is 143 Å². The molecule has 0 spiro atoms. The third kappa shape index (κ3) is 4.70. The van der Waals surface area contributed by atoms with E-state index in [-0.39, 0.29) is 0 Å². The van der Waals surface area contributed by atoms with Crippen LogP contribution in [0.5, 0.6) is 0 Å². The smallest absolute Gasteiger partial charge is 0.0312 e. The Morgan fingerprint density at radius 2 is 1.68 bits per heavy atom. The molecule has 2 aliphatic rings. The maximum atomic E-state index is 2.45. The lowest BCUT2D eigenvalue weighted by molar-refractivity contribution is 0.393. The topological polar surface area (TPSA) is 0 Å². The van der Waals surface area contributed by atoms with Crippen LogP contribution in [0.3, 0.4) is 0 Å². The van der Waals surface area contributed by atoms with Crippen LogP contribution < -0.4 is 0 Å². The number of hydrogen-bond acceptors (Lipinski definition) is 2. The molecule has 2 aliphatic carbocycles.